The van der Waals surface area contributed by atoms with Crippen molar-refractivity contribution in [3.8, 4) is 0 Å². The number of hydrogen-bond acceptors (Lipinski definition) is 3. The van der Waals surface area contributed by atoms with Gasteiger partial charge >= 0.3 is 0 Å². The van der Waals surface area contributed by atoms with Gasteiger partial charge in [-0.15, -0.1) is 0 Å². The highest BCUT2D eigenvalue weighted by Gasteiger charge is 2.26. The summed E-state index contributed by atoms with van der Waals surface area (Å²) in [5, 5.41) is 8.55. The van der Waals surface area contributed by atoms with Crippen LogP contribution in [0.25, 0.3) is 0 Å². The molecule has 2 aromatic rings. The standard InChI is InChI=1S/C15H16O3S/c16-11-15(14-9-5-2-6-10-14)19(17,18)12-13-7-3-1-4-8-13/h1-10,15-16H,11-12H2. The van der Waals surface area contributed by atoms with Crippen molar-refractivity contribution in [3.63, 3.8) is 0 Å². The Morgan fingerprint density at radius 1 is 0.895 bits per heavy atom. The molecule has 1 N–H and O–H groups in total. The quantitative estimate of drug-likeness (QED) is 0.912. The lowest BCUT2D eigenvalue weighted by Crippen LogP contribution is -2.18. The molecule has 0 aromatic heterocycles. The molecule has 0 bridgehead atoms. The SMILES string of the molecule is O=S(=O)(Cc1ccccc1)C(CO)c1ccccc1. The van der Waals surface area contributed by atoms with Crippen molar-refractivity contribution in [1.29, 1.82) is 0 Å². The largest absolute Gasteiger partial charge is 0.395 e. The van der Waals surface area contributed by atoms with Crippen molar-refractivity contribution in [3.05, 3.63) is 71.8 Å². The maximum absolute atomic E-state index is 12.4. The molecule has 3 nitrogen and oxygen atoms in total. The van der Waals surface area contributed by atoms with Crippen LogP contribution in [0, 0.1) is 0 Å². The maximum atomic E-state index is 12.4. The molecular formula is C15H16O3S. The summed E-state index contributed by atoms with van der Waals surface area (Å²) in [5.41, 5.74) is 1.36. The zero-order valence-corrected chi connectivity index (χ0v) is 11.3. The van der Waals surface area contributed by atoms with E-state index in [0.29, 0.717) is 5.56 Å². The summed E-state index contributed by atoms with van der Waals surface area (Å²) in [6.45, 7) is -0.404. The molecule has 0 saturated carbocycles. The highest BCUT2D eigenvalue weighted by molar-refractivity contribution is 7.90. The smallest absolute Gasteiger partial charge is 0.163 e. The van der Waals surface area contributed by atoms with Crippen LogP contribution < -0.4 is 0 Å². The molecule has 0 aliphatic rings. The molecule has 2 rings (SSSR count). The molecule has 100 valence electrons. The minimum atomic E-state index is -3.43. The fourth-order valence-corrected chi connectivity index (χ4v) is 3.66. The summed E-state index contributed by atoms with van der Waals surface area (Å²) < 4.78 is 24.7. The van der Waals surface area contributed by atoms with E-state index in [-0.39, 0.29) is 5.75 Å². The lowest BCUT2D eigenvalue weighted by molar-refractivity contribution is 0.291. The van der Waals surface area contributed by atoms with Gasteiger partial charge in [-0.2, -0.15) is 0 Å². The molecule has 0 saturated heterocycles. The highest BCUT2D eigenvalue weighted by atomic mass is 32.2. The second-order valence-corrected chi connectivity index (χ2v) is 6.56. The number of aliphatic hydroxyl groups excluding tert-OH is 1. The summed E-state index contributed by atoms with van der Waals surface area (Å²) in [7, 11) is -3.43. The van der Waals surface area contributed by atoms with Gasteiger partial charge in [0.15, 0.2) is 9.84 Å². The minimum absolute atomic E-state index is 0.0615. The predicted molar refractivity (Wildman–Crippen MR) is 75.3 cm³/mol. The van der Waals surface area contributed by atoms with Crippen molar-refractivity contribution in [2.24, 2.45) is 0 Å². The molecule has 0 radical (unpaired) electrons. The average molecular weight is 276 g/mol. The topological polar surface area (TPSA) is 54.4 Å². The molecule has 0 spiro atoms. The lowest BCUT2D eigenvalue weighted by atomic mass is 10.2. The Balaban J connectivity index is 2.27. The number of aliphatic hydroxyl groups is 1. The Morgan fingerprint density at radius 3 is 1.95 bits per heavy atom. The van der Waals surface area contributed by atoms with Crippen LogP contribution in [0.3, 0.4) is 0 Å². The molecule has 0 heterocycles. The third-order valence-electron chi connectivity index (χ3n) is 2.98. The Labute approximate surface area is 113 Å². The van der Waals surface area contributed by atoms with E-state index in [1.807, 2.05) is 12.1 Å². The van der Waals surface area contributed by atoms with Crippen molar-refractivity contribution in [2.75, 3.05) is 6.61 Å². The summed E-state index contributed by atoms with van der Waals surface area (Å²) in [5.74, 6) is -0.0615. The van der Waals surface area contributed by atoms with Gasteiger partial charge in [0.2, 0.25) is 0 Å². The lowest BCUT2D eigenvalue weighted by Gasteiger charge is -2.15. The molecule has 4 heteroatoms. The fraction of sp³-hybridized carbons (Fsp3) is 0.200. The molecular weight excluding hydrogens is 260 g/mol. The van der Waals surface area contributed by atoms with Gasteiger partial charge in [-0.25, -0.2) is 8.42 Å². The van der Waals surface area contributed by atoms with Gasteiger partial charge in [-0.05, 0) is 11.1 Å². The molecule has 2 aromatic carbocycles. The van der Waals surface area contributed by atoms with Crippen LogP contribution in [0.2, 0.25) is 0 Å². The maximum Gasteiger partial charge on any atom is 0.163 e. The Bertz CT molecular complexity index is 606. The van der Waals surface area contributed by atoms with Gasteiger partial charge in [0, 0.05) is 0 Å². The highest BCUT2D eigenvalue weighted by Crippen LogP contribution is 2.25. The Hall–Kier alpha value is -1.65. The van der Waals surface area contributed by atoms with Crippen LogP contribution in [0.15, 0.2) is 60.7 Å². The van der Waals surface area contributed by atoms with Gasteiger partial charge in [-0.3, -0.25) is 0 Å². The van der Waals surface area contributed by atoms with Gasteiger partial charge in [-0.1, -0.05) is 60.7 Å². The summed E-state index contributed by atoms with van der Waals surface area (Å²) >= 11 is 0. The zero-order chi connectivity index (χ0) is 13.7. The summed E-state index contributed by atoms with van der Waals surface area (Å²) in [6, 6.07) is 17.8. The van der Waals surface area contributed by atoms with Gasteiger partial charge in [0.1, 0.15) is 5.25 Å². The fourth-order valence-electron chi connectivity index (χ4n) is 2.00. The first-order valence-corrected chi connectivity index (χ1v) is 7.76. The van der Waals surface area contributed by atoms with Crippen LogP contribution in [0.1, 0.15) is 16.4 Å². The average Bonchev–Trinajstić information content (AvgIpc) is 2.41. The van der Waals surface area contributed by atoms with E-state index in [1.165, 1.54) is 0 Å². The van der Waals surface area contributed by atoms with E-state index in [0.717, 1.165) is 5.56 Å². The first-order valence-electron chi connectivity index (χ1n) is 6.05. The minimum Gasteiger partial charge on any atom is -0.395 e. The monoisotopic (exact) mass is 276 g/mol. The van der Waals surface area contributed by atoms with Crippen molar-refractivity contribution in [1.82, 2.24) is 0 Å². The number of benzene rings is 2. The molecule has 1 unspecified atom stereocenters. The van der Waals surface area contributed by atoms with E-state index in [9.17, 15) is 13.5 Å². The second-order valence-electron chi connectivity index (χ2n) is 4.37. The predicted octanol–water partition coefficient (Wildman–Crippen LogP) is 2.34. The first-order chi connectivity index (χ1) is 9.13. The van der Waals surface area contributed by atoms with Crippen LogP contribution >= 0.6 is 0 Å². The molecule has 0 amide bonds. The van der Waals surface area contributed by atoms with E-state index >= 15 is 0 Å². The van der Waals surface area contributed by atoms with Crippen LogP contribution in [-0.2, 0) is 15.6 Å². The number of hydrogen-bond donors (Lipinski definition) is 1. The van der Waals surface area contributed by atoms with Crippen LogP contribution in [0.5, 0.6) is 0 Å². The van der Waals surface area contributed by atoms with Crippen LogP contribution in [0.4, 0.5) is 0 Å². The van der Waals surface area contributed by atoms with Crippen molar-refractivity contribution < 1.29 is 13.5 Å². The number of sulfone groups is 1. The van der Waals surface area contributed by atoms with Crippen LogP contribution in [-0.4, -0.2) is 20.1 Å². The van der Waals surface area contributed by atoms with Crippen molar-refractivity contribution in [2.45, 2.75) is 11.0 Å². The molecule has 0 fully saturated rings. The van der Waals surface area contributed by atoms with E-state index < -0.39 is 21.7 Å². The van der Waals surface area contributed by atoms with Gasteiger partial charge in [0.25, 0.3) is 0 Å². The van der Waals surface area contributed by atoms with E-state index in [1.54, 1.807) is 48.5 Å². The number of rotatable bonds is 5. The van der Waals surface area contributed by atoms with Crippen molar-refractivity contribution >= 4 is 9.84 Å². The molecule has 0 aliphatic heterocycles. The molecule has 0 aliphatic carbocycles. The van der Waals surface area contributed by atoms with Gasteiger partial charge < -0.3 is 5.11 Å². The third kappa shape index (κ3) is 3.43. The molecule has 19 heavy (non-hydrogen) atoms. The summed E-state index contributed by atoms with van der Waals surface area (Å²) in [6.07, 6.45) is 0. The normalized spacial score (nSPS) is 13.1. The first kappa shape index (κ1) is 13.8. The summed E-state index contributed by atoms with van der Waals surface area (Å²) in [4.78, 5) is 0. The Morgan fingerprint density at radius 2 is 1.42 bits per heavy atom. The Kier molecular flexibility index (Phi) is 4.35. The van der Waals surface area contributed by atoms with E-state index in [2.05, 4.69) is 0 Å². The molecule has 1 atom stereocenters. The third-order valence-corrected chi connectivity index (χ3v) is 5.01. The zero-order valence-electron chi connectivity index (χ0n) is 10.4. The van der Waals surface area contributed by atoms with Gasteiger partial charge in [0.05, 0.1) is 12.4 Å². The second kappa shape index (κ2) is 5.99. The van der Waals surface area contributed by atoms with E-state index in [4.69, 9.17) is 0 Å².